The summed E-state index contributed by atoms with van der Waals surface area (Å²) in [7, 11) is 0. The Balaban J connectivity index is 2.66. The first-order chi connectivity index (χ1) is 7.59. The zero-order valence-electron chi connectivity index (χ0n) is 7.96. The molecule has 2 aromatic rings. The van der Waals surface area contributed by atoms with Crippen molar-refractivity contribution >= 4 is 24.2 Å². The highest BCUT2D eigenvalue weighted by Gasteiger charge is 2.10. The van der Waals surface area contributed by atoms with Crippen LogP contribution in [0, 0.1) is 0 Å². The highest BCUT2D eigenvalue weighted by atomic mass is 35.5. The molecule has 0 atom stereocenters. The first kappa shape index (κ1) is 11.0. The Labute approximate surface area is 101 Å². The Morgan fingerprint density at radius 2 is 2.12 bits per heavy atom. The van der Waals surface area contributed by atoms with E-state index in [1.54, 1.807) is 24.3 Å². The molecule has 0 saturated heterocycles. The molecule has 0 aliphatic carbocycles. The van der Waals surface area contributed by atoms with Gasteiger partial charge in [0.25, 0.3) is 5.56 Å². The molecule has 1 aromatic carbocycles. The number of nitrogen functional groups attached to an aromatic ring is 1. The third-order valence-electron chi connectivity index (χ3n) is 1.97. The van der Waals surface area contributed by atoms with Gasteiger partial charge in [0.1, 0.15) is 0 Å². The van der Waals surface area contributed by atoms with Crippen LogP contribution in [0.5, 0.6) is 0 Å². The fourth-order valence-corrected chi connectivity index (χ4v) is 1.53. The summed E-state index contributed by atoms with van der Waals surface area (Å²) in [5.41, 5.74) is 0.239. The largest absolute Gasteiger partial charge is 0.334 e. The molecule has 1 aromatic heterocycles. The summed E-state index contributed by atoms with van der Waals surface area (Å²) >= 11 is 9.70. The summed E-state index contributed by atoms with van der Waals surface area (Å²) in [5, 5.41) is 7.97. The number of benzene rings is 1. The molecule has 0 saturated carbocycles. The van der Waals surface area contributed by atoms with Crippen LogP contribution in [0.1, 0.15) is 0 Å². The van der Waals surface area contributed by atoms with Crippen LogP contribution in [0.15, 0.2) is 34.2 Å². The van der Waals surface area contributed by atoms with Crippen molar-refractivity contribution in [3.05, 3.63) is 39.6 Å². The minimum Gasteiger partial charge on any atom is -0.334 e. The Kier molecular flexibility index (Phi) is 2.84. The van der Waals surface area contributed by atoms with E-state index in [0.717, 1.165) is 4.68 Å². The van der Waals surface area contributed by atoms with Gasteiger partial charge in [0, 0.05) is 10.6 Å². The summed E-state index contributed by atoms with van der Waals surface area (Å²) in [6.07, 6.45) is 0. The smallest absolute Gasteiger partial charge is 0.299 e. The third-order valence-corrected chi connectivity index (χ3v) is 2.51. The van der Waals surface area contributed by atoms with E-state index in [1.165, 1.54) is 0 Å². The summed E-state index contributed by atoms with van der Waals surface area (Å²) in [4.78, 5) is 11.7. The predicted molar refractivity (Wildman–Crippen MR) is 64.1 cm³/mol. The molecule has 5 nitrogen and oxygen atoms in total. The van der Waals surface area contributed by atoms with E-state index in [4.69, 9.17) is 17.4 Å². The fraction of sp³-hybridized carbons (Fsp3) is 0. The quantitative estimate of drug-likeness (QED) is 0.587. The van der Waals surface area contributed by atoms with E-state index in [1.807, 2.05) is 0 Å². The van der Waals surface area contributed by atoms with Crippen LogP contribution in [0.2, 0.25) is 5.02 Å². The molecule has 0 fully saturated rings. The van der Waals surface area contributed by atoms with E-state index < -0.39 is 5.56 Å². The molecular weight excluding hydrogens is 248 g/mol. The Morgan fingerprint density at radius 1 is 1.38 bits per heavy atom. The average Bonchev–Trinajstić information content (AvgIpc) is 2.26. The van der Waals surface area contributed by atoms with E-state index >= 15 is 0 Å². The number of thiol groups is 1. The van der Waals surface area contributed by atoms with Crippen LogP contribution in [0.4, 0.5) is 0 Å². The lowest BCUT2D eigenvalue weighted by Gasteiger charge is -2.03. The lowest BCUT2D eigenvalue weighted by molar-refractivity contribution is 0.707. The van der Waals surface area contributed by atoms with E-state index in [0.29, 0.717) is 10.6 Å². The molecule has 0 aliphatic rings. The molecule has 0 amide bonds. The van der Waals surface area contributed by atoms with Crippen LogP contribution in [0.25, 0.3) is 11.3 Å². The van der Waals surface area contributed by atoms with Gasteiger partial charge in [0.05, 0.1) is 0 Å². The lowest BCUT2D eigenvalue weighted by Crippen LogP contribution is -2.31. The zero-order chi connectivity index (χ0) is 11.7. The second-order valence-corrected chi connectivity index (χ2v) is 3.87. The van der Waals surface area contributed by atoms with Crippen molar-refractivity contribution in [2.24, 2.45) is 0 Å². The SMILES string of the molecule is Nn1c(S)nnc(-c2cccc(Cl)c2)c1=O. The molecule has 1 heterocycles. The van der Waals surface area contributed by atoms with Crippen LogP contribution in [-0.2, 0) is 0 Å². The molecule has 0 spiro atoms. The second-order valence-electron chi connectivity index (χ2n) is 3.03. The summed E-state index contributed by atoms with van der Waals surface area (Å²) in [6.45, 7) is 0. The van der Waals surface area contributed by atoms with Gasteiger partial charge in [-0.3, -0.25) is 4.79 Å². The molecule has 16 heavy (non-hydrogen) atoms. The number of hydrogen-bond acceptors (Lipinski definition) is 5. The van der Waals surface area contributed by atoms with Crippen molar-refractivity contribution < 1.29 is 0 Å². The number of halogens is 1. The van der Waals surface area contributed by atoms with Gasteiger partial charge >= 0.3 is 0 Å². The van der Waals surface area contributed by atoms with Gasteiger partial charge < -0.3 is 5.84 Å². The molecule has 0 radical (unpaired) electrons. The van der Waals surface area contributed by atoms with Gasteiger partial charge in [-0.15, -0.1) is 22.8 Å². The number of rotatable bonds is 1. The van der Waals surface area contributed by atoms with Crippen LogP contribution >= 0.6 is 24.2 Å². The van der Waals surface area contributed by atoms with Crippen molar-refractivity contribution in [2.45, 2.75) is 5.16 Å². The number of nitrogens with zero attached hydrogens (tertiary/aromatic N) is 3. The third kappa shape index (κ3) is 1.89. The molecule has 7 heteroatoms. The molecule has 2 rings (SSSR count). The maximum Gasteiger partial charge on any atom is 0.299 e. The summed E-state index contributed by atoms with van der Waals surface area (Å²) < 4.78 is 0.826. The number of hydrogen-bond donors (Lipinski definition) is 2. The van der Waals surface area contributed by atoms with Gasteiger partial charge in [-0.25, -0.2) is 0 Å². The zero-order valence-corrected chi connectivity index (χ0v) is 9.61. The predicted octanol–water partition coefficient (Wildman–Crippen LogP) is 0.961. The van der Waals surface area contributed by atoms with Crippen molar-refractivity contribution in [2.75, 3.05) is 5.84 Å². The Bertz CT molecular complexity index is 598. The van der Waals surface area contributed by atoms with Gasteiger partial charge in [0.15, 0.2) is 5.69 Å². The summed E-state index contributed by atoms with van der Waals surface area (Å²) in [5.74, 6) is 5.45. The minimum atomic E-state index is -0.470. The van der Waals surface area contributed by atoms with Gasteiger partial charge in [-0.05, 0) is 12.1 Å². The Morgan fingerprint density at radius 3 is 2.81 bits per heavy atom. The topological polar surface area (TPSA) is 73.8 Å². The molecule has 0 unspecified atom stereocenters. The van der Waals surface area contributed by atoms with Crippen LogP contribution in [-0.4, -0.2) is 14.9 Å². The Hall–Kier alpha value is -1.53. The van der Waals surface area contributed by atoms with Crippen molar-refractivity contribution in [1.29, 1.82) is 0 Å². The lowest BCUT2D eigenvalue weighted by atomic mass is 10.2. The van der Waals surface area contributed by atoms with E-state index in [2.05, 4.69) is 22.8 Å². The minimum absolute atomic E-state index is 0.0516. The maximum absolute atomic E-state index is 11.7. The van der Waals surface area contributed by atoms with Crippen molar-refractivity contribution in [3.63, 3.8) is 0 Å². The standard InChI is InChI=1S/C9H7ClN4OS/c10-6-3-1-2-5(4-6)7-8(15)14(11)9(16)13-12-7/h1-4H,11H2,(H,13,16). The molecule has 82 valence electrons. The summed E-state index contributed by atoms with van der Waals surface area (Å²) in [6, 6.07) is 6.74. The van der Waals surface area contributed by atoms with E-state index in [9.17, 15) is 4.79 Å². The number of nitrogens with two attached hydrogens (primary N) is 1. The first-order valence-corrected chi connectivity index (χ1v) is 5.12. The van der Waals surface area contributed by atoms with E-state index in [-0.39, 0.29) is 10.9 Å². The normalized spacial score (nSPS) is 10.4. The van der Waals surface area contributed by atoms with Crippen LogP contribution in [0.3, 0.4) is 0 Å². The van der Waals surface area contributed by atoms with Gasteiger partial charge in [0.2, 0.25) is 5.16 Å². The first-order valence-electron chi connectivity index (χ1n) is 4.29. The fourth-order valence-electron chi connectivity index (χ4n) is 1.21. The van der Waals surface area contributed by atoms with Gasteiger partial charge in [-0.1, -0.05) is 23.7 Å². The van der Waals surface area contributed by atoms with Crippen molar-refractivity contribution in [1.82, 2.24) is 14.9 Å². The highest BCUT2D eigenvalue weighted by Crippen LogP contribution is 2.17. The average molecular weight is 255 g/mol. The molecule has 2 N–H and O–H groups in total. The number of aromatic nitrogens is 3. The van der Waals surface area contributed by atoms with Crippen LogP contribution < -0.4 is 11.4 Å². The maximum atomic E-state index is 11.7. The molecular formula is C9H7ClN4OS. The second kappa shape index (κ2) is 4.15. The van der Waals surface area contributed by atoms with Crippen molar-refractivity contribution in [3.8, 4) is 11.3 Å². The molecule has 0 aliphatic heterocycles. The highest BCUT2D eigenvalue weighted by molar-refractivity contribution is 7.80. The monoisotopic (exact) mass is 254 g/mol. The van der Waals surface area contributed by atoms with Gasteiger partial charge in [-0.2, -0.15) is 4.68 Å². The molecule has 0 bridgehead atoms.